The largest absolute Gasteiger partial charge is 0.489 e. The molecule has 21 heavy (non-hydrogen) atoms. The minimum atomic E-state index is -3.69. The van der Waals surface area contributed by atoms with E-state index in [1.165, 1.54) is 12.4 Å². The van der Waals surface area contributed by atoms with Crippen LogP contribution in [0.1, 0.15) is 5.56 Å². The second kappa shape index (κ2) is 6.59. The molecule has 8 heteroatoms. The molecular weight excluding hydrogens is 294 g/mol. The molecular formula is C13H17N3O4S. The minimum Gasteiger partial charge on any atom is -0.489 e. The number of benzene rings is 1. The summed E-state index contributed by atoms with van der Waals surface area (Å²) < 4.78 is 37.3. The number of aromatic nitrogens is 2. The number of hydrogen-bond donors (Lipinski definition) is 2. The van der Waals surface area contributed by atoms with Gasteiger partial charge in [0.1, 0.15) is 17.3 Å². The molecule has 0 fully saturated rings. The molecule has 0 aliphatic heterocycles. The molecule has 0 aliphatic rings. The van der Waals surface area contributed by atoms with Crippen molar-refractivity contribution in [2.75, 3.05) is 25.0 Å². The second-order valence-electron chi connectivity index (χ2n) is 4.38. The lowest BCUT2D eigenvalue weighted by atomic mass is 10.2. The summed E-state index contributed by atoms with van der Waals surface area (Å²) in [7, 11) is -2.12. The Kier molecular flexibility index (Phi) is 4.81. The summed E-state index contributed by atoms with van der Waals surface area (Å²) in [6.07, 6.45) is 2.55. The van der Waals surface area contributed by atoms with E-state index in [1.807, 2.05) is 6.92 Å². The van der Waals surface area contributed by atoms with Gasteiger partial charge in [-0.05, 0) is 24.6 Å². The molecule has 1 heterocycles. The number of methoxy groups -OCH3 is 1. The van der Waals surface area contributed by atoms with Crippen molar-refractivity contribution in [1.82, 2.24) is 10.2 Å². The van der Waals surface area contributed by atoms with E-state index in [-0.39, 0.29) is 4.90 Å². The van der Waals surface area contributed by atoms with Crippen molar-refractivity contribution in [3.8, 4) is 5.75 Å². The highest BCUT2D eigenvalue weighted by Crippen LogP contribution is 2.28. The van der Waals surface area contributed by atoms with Gasteiger partial charge in [-0.2, -0.15) is 5.10 Å². The summed E-state index contributed by atoms with van der Waals surface area (Å²) in [5, 5.41) is 6.11. The zero-order valence-corrected chi connectivity index (χ0v) is 12.6. The molecule has 2 rings (SSSR count). The third kappa shape index (κ3) is 3.96. The molecule has 0 saturated carbocycles. The predicted octanol–water partition coefficient (Wildman–Crippen LogP) is 1.54. The highest BCUT2D eigenvalue weighted by Gasteiger charge is 2.17. The van der Waals surface area contributed by atoms with E-state index >= 15 is 0 Å². The number of nitrogens with zero attached hydrogens (tertiary/aromatic N) is 1. The van der Waals surface area contributed by atoms with Gasteiger partial charge in [0.15, 0.2) is 0 Å². The van der Waals surface area contributed by atoms with Crippen LogP contribution in [-0.2, 0) is 14.8 Å². The van der Waals surface area contributed by atoms with Crippen molar-refractivity contribution in [1.29, 1.82) is 0 Å². The smallest absolute Gasteiger partial charge is 0.265 e. The number of aryl methyl sites for hydroxylation is 1. The number of ether oxygens (including phenoxy) is 2. The number of hydrogen-bond acceptors (Lipinski definition) is 5. The number of sulfonamides is 1. The van der Waals surface area contributed by atoms with Gasteiger partial charge in [0.2, 0.25) is 0 Å². The maximum Gasteiger partial charge on any atom is 0.265 e. The molecule has 0 bridgehead atoms. The Hall–Kier alpha value is -2.06. The van der Waals surface area contributed by atoms with Crippen LogP contribution in [0.2, 0.25) is 0 Å². The fraction of sp³-hybridized carbons (Fsp3) is 0.308. The van der Waals surface area contributed by atoms with Crippen LogP contribution >= 0.6 is 0 Å². The van der Waals surface area contributed by atoms with Gasteiger partial charge in [0.25, 0.3) is 10.0 Å². The molecule has 0 aliphatic carbocycles. The van der Waals surface area contributed by atoms with E-state index in [0.717, 1.165) is 5.56 Å². The number of anilines is 1. The molecule has 2 N–H and O–H groups in total. The maximum atomic E-state index is 12.2. The Morgan fingerprint density at radius 1 is 1.33 bits per heavy atom. The highest BCUT2D eigenvalue weighted by molar-refractivity contribution is 7.92. The molecule has 2 aromatic rings. The first-order chi connectivity index (χ1) is 10.0. The Balaban J connectivity index is 2.23. The van der Waals surface area contributed by atoms with Crippen molar-refractivity contribution < 1.29 is 17.9 Å². The minimum absolute atomic E-state index is 0.0610. The van der Waals surface area contributed by atoms with Crippen LogP contribution in [0.4, 0.5) is 5.69 Å². The molecule has 1 aromatic heterocycles. The maximum absolute atomic E-state index is 12.2. The van der Waals surface area contributed by atoms with Gasteiger partial charge in [-0.3, -0.25) is 9.82 Å². The quantitative estimate of drug-likeness (QED) is 0.757. The normalized spacial score (nSPS) is 11.3. The molecule has 1 aromatic carbocycles. The van der Waals surface area contributed by atoms with Crippen LogP contribution in [0.3, 0.4) is 0 Å². The fourth-order valence-electron chi connectivity index (χ4n) is 1.66. The lowest BCUT2D eigenvalue weighted by molar-refractivity contribution is 0.146. The van der Waals surface area contributed by atoms with Gasteiger partial charge in [-0.15, -0.1) is 0 Å². The lowest BCUT2D eigenvalue weighted by Crippen LogP contribution is -2.14. The van der Waals surface area contributed by atoms with Crippen molar-refractivity contribution >= 4 is 15.7 Å². The Bertz CT molecular complexity index is 683. The van der Waals surface area contributed by atoms with Crippen LogP contribution in [0.25, 0.3) is 0 Å². The molecule has 0 amide bonds. The molecule has 0 unspecified atom stereocenters. The average molecular weight is 311 g/mol. The molecule has 0 spiro atoms. The third-order valence-corrected chi connectivity index (χ3v) is 4.04. The summed E-state index contributed by atoms with van der Waals surface area (Å²) in [6.45, 7) is 2.65. The van der Waals surface area contributed by atoms with Crippen LogP contribution in [0.5, 0.6) is 5.75 Å². The van der Waals surface area contributed by atoms with Gasteiger partial charge in [-0.1, -0.05) is 6.07 Å². The molecule has 0 saturated heterocycles. The van der Waals surface area contributed by atoms with Crippen molar-refractivity contribution in [2.45, 2.75) is 11.8 Å². The van der Waals surface area contributed by atoms with Crippen molar-refractivity contribution in [2.24, 2.45) is 0 Å². The Morgan fingerprint density at radius 3 is 2.81 bits per heavy atom. The molecule has 114 valence electrons. The fourth-order valence-corrected chi connectivity index (χ4v) is 2.63. The summed E-state index contributed by atoms with van der Waals surface area (Å²) in [5.74, 6) is 0.458. The number of aromatic amines is 1. The van der Waals surface area contributed by atoms with Crippen molar-refractivity contribution in [3.63, 3.8) is 0 Å². The van der Waals surface area contributed by atoms with Crippen LogP contribution in [0.15, 0.2) is 35.5 Å². The summed E-state index contributed by atoms with van der Waals surface area (Å²) in [5.41, 5.74) is 1.34. The van der Waals surface area contributed by atoms with Gasteiger partial charge < -0.3 is 9.47 Å². The number of H-pyrrole nitrogens is 1. The van der Waals surface area contributed by atoms with E-state index in [0.29, 0.717) is 24.7 Å². The van der Waals surface area contributed by atoms with E-state index < -0.39 is 10.0 Å². The first-order valence-electron chi connectivity index (χ1n) is 6.27. The predicted molar refractivity (Wildman–Crippen MR) is 77.9 cm³/mol. The molecule has 7 nitrogen and oxygen atoms in total. The van der Waals surface area contributed by atoms with E-state index in [2.05, 4.69) is 14.9 Å². The van der Waals surface area contributed by atoms with Gasteiger partial charge >= 0.3 is 0 Å². The topological polar surface area (TPSA) is 93.3 Å². The van der Waals surface area contributed by atoms with Crippen LogP contribution < -0.4 is 9.46 Å². The standard InChI is InChI=1S/C13H17N3O4S/c1-10-3-4-12(13(7-10)20-6-5-19-2)16-21(17,18)11-8-14-15-9-11/h3-4,7-9,16H,5-6H2,1-2H3,(H,14,15). The number of rotatable bonds is 7. The zero-order valence-electron chi connectivity index (χ0n) is 11.8. The summed E-state index contributed by atoms with van der Waals surface area (Å²) >= 11 is 0. The van der Waals surface area contributed by atoms with E-state index in [4.69, 9.17) is 9.47 Å². The molecule has 0 radical (unpaired) electrons. The lowest BCUT2D eigenvalue weighted by Gasteiger charge is -2.13. The Morgan fingerprint density at radius 2 is 2.14 bits per heavy atom. The zero-order chi connectivity index (χ0) is 15.3. The first kappa shape index (κ1) is 15.3. The number of nitrogens with one attached hydrogen (secondary N) is 2. The van der Waals surface area contributed by atoms with Crippen LogP contribution in [-0.4, -0.2) is 38.9 Å². The average Bonchev–Trinajstić information content (AvgIpc) is 2.97. The third-order valence-electron chi connectivity index (χ3n) is 2.71. The second-order valence-corrected chi connectivity index (χ2v) is 6.06. The highest BCUT2D eigenvalue weighted by atomic mass is 32.2. The Labute approximate surface area is 123 Å². The SMILES string of the molecule is COCCOc1cc(C)ccc1NS(=O)(=O)c1cn[nH]c1. The van der Waals surface area contributed by atoms with Crippen LogP contribution in [0, 0.1) is 6.92 Å². The van der Waals surface area contributed by atoms with E-state index in [9.17, 15) is 8.42 Å². The summed E-state index contributed by atoms with van der Waals surface area (Å²) in [4.78, 5) is 0.0610. The van der Waals surface area contributed by atoms with Crippen molar-refractivity contribution in [3.05, 3.63) is 36.2 Å². The van der Waals surface area contributed by atoms with Gasteiger partial charge in [0.05, 0.1) is 18.5 Å². The monoisotopic (exact) mass is 311 g/mol. The summed E-state index contributed by atoms with van der Waals surface area (Å²) in [6, 6.07) is 5.23. The van der Waals surface area contributed by atoms with E-state index in [1.54, 1.807) is 25.3 Å². The van der Waals surface area contributed by atoms with Gasteiger partial charge in [-0.25, -0.2) is 8.42 Å². The molecule has 0 atom stereocenters. The first-order valence-corrected chi connectivity index (χ1v) is 7.75. The van der Waals surface area contributed by atoms with Gasteiger partial charge in [0, 0.05) is 13.3 Å².